The van der Waals surface area contributed by atoms with Gasteiger partial charge in [0.05, 0.1) is 18.6 Å². The Morgan fingerprint density at radius 1 is 1.23 bits per heavy atom. The van der Waals surface area contributed by atoms with E-state index in [1.807, 2.05) is 0 Å². The molecule has 0 spiro atoms. The monoisotopic (exact) mass is 430 g/mol. The zero-order chi connectivity index (χ0) is 22.2. The van der Waals surface area contributed by atoms with Gasteiger partial charge in [0.15, 0.2) is 6.29 Å². The van der Waals surface area contributed by atoms with Crippen LogP contribution >= 0.6 is 0 Å². The van der Waals surface area contributed by atoms with Crippen LogP contribution in [0.5, 0.6) is 0 Å². The van der Waals surface area contributed by atoms with Crippen LogP contribution in [0.15, 0.2) is 23.3 Å². The fraction of sp³-hybridized carbons (Fsp3) is 0.815. The van der Waals surface area contributed by atoms with Gasteiger partial charge in [-0.05, 0) is 74.2 Å². The molecule has 0 aromatic rings. The van der Waals surface area contributed by atoms with Crippen molar-refractivity contribution < 1.29 is 19.0 Å². The molecular formula is C27H42O4. The Morgan fingerprint density at radius 2 is 1.97 bits per heavy atom. The van der Waals surface area contributed by atoms with Crippen LogP contribution in [0.2, 0.25) is 0 Å². The van der Waals surface area contributed by atoms with Gasteiger partial charge in [-0.2, -0.15) is 0 Å². The van der Waals surface area contributed by atoms with Gasteiger partial charge in [-0.1, -0.05) is 58.3 Å². The maximum absolute atomic E-state index is 13.6. The number of hydrogen-bond donors (Lipinski definition) is 0. The van der Waals surface area contributed by atoms with Crippen molar-refractivity contribution in [3.63, 3.8) is 0 Å². The van der Waals surface area contributed by atoms with E-state index in [9.17, 15) is 4.79 Å². The first-order valence-electron chi connectivity index (χ1n) is 12.6. The van der Waals surface area contributed by atoms with Crippen molar-refractivity contribution in [2.45, 2.75) is 98.4 Å². The third-order valence-electron chi connectivity index (χ3n) is 8.97. The predicted octanol–water partition coefficient (Wildman–Crippen LogP) is 6.21. The molecule has 2 fully saturated rings. The van der Waals surface area contributed by atoms with E-state index < -0.39 is 5.41 Å². The first-order chi connectivity index (χ1) is 14.8. The molecule has 0 aromatic heterocycles. The fourth-order valence-electron chi connectivity index (χ4n) is 6.63. The van der Waals surface area contributed by atoms with E-state index in [1.54, 1.807) is 5.57 Å². The molecule has 0 aromatic carbocycles. The lowest BCUT2D eigenvalue weighted by molar-refractivity contribution is -0.235. The number of rotatable bonds is 5. The van der Waals surface area contributed by atoms with Crippen LogP contribution in [0.25, 0.3) is 0 Å². The van der Waals surface area contributed by atoms with Crippen LogP contribution in [0.4, 0.5) is 0 Å². The summed E-state index contributed by atoms with van der Waals surface area (Å²) >= 11 is 0. The van der Waals surface area contributed by atoms with Crippen molar-refractivity contribution in [2.24, 2.45) is 28.6 Å². The van der Waals surface area contributed by atoms with E-state index in [1.165, 1.54) is 24.8 Å². The Labute approximate surface area is 188 Å². The molecule has 0 N–H and O–H groups in total. The smallest absolute Gasteiger partial charge is 0.312 e. The lowest BCUT2D eigenvalue weighted by atomic mass is 9.46. The van der Waals surface area contributed by atoms with E-state index in [0.717, 1.165) is 32.1 Å². The lowest BCUT2D eigenvalue weighted by Gasteiger charge is -2.58. The largest absolute Gasteiger partial charge is 0.457 e. The Balaban J connectivity index is 1.50. The molecule has 1 saturated heterocycles. The molecule has 31 heavy (non-hydrogen) atoms. The van der Waals surface area contributed by atoms with Crippen LogP contribution in [-0.4, -0.2) is 31.6 Å². The summed E-state index contributed by atoms with van der Waals surface area (Å²) in [5.74, 6) is 1.72. The minimum atomic E-state index is -0.458. The molecule has 4 aliphatic rings. The van der Waals surface area contributed by atoms with E-state index in [-0.39, 0.29) is 23.8 Å². The maximum Gasteiger partial charge on any atom is 0.312 e. The minimum absolute atomic E-state index is 0.0445. The Bertz CT molecular complexity index is 730. The summed E-state index contributed by atoms with van der Waals surface area (Å²) < 4.78 is 17.6. The third kappa shape index (κ3) is 4.15. The second-order valence-corrected chi connectivity index (χ2v) is 11.1. The highest BCUT2D eigenvalue weighted by molar-refractivity contribution is 5.78. The molecule has 4 nitrogen and oxygen atoms in total. The van der Waals surface area contributed by atoms with E-state index in [0.29, 0.717) is 31.0 Å². The molecule has 0 bridgehead atoms. The molecule has 4 atom stereocenters. The van der Waals surface area contributed by atoms with Crippen LogP contribution in [-0.2, 0) is 19.0 Å². The summed E-state index contributed by atoms with van der Waals surface area (Å²) in [6, 6.07) is 0. The van der Waals surface area contributed by atoms with Gasteiger partial charge in [0.25, 0.3) is 0 Å². The summed E-state index contributed by atoms with van der Waals surface area (Å²) in [7, 11) is 0. The normalized spacial score (nSPS) is 40.5. The number of allylic oxidation sites excluding steroid dienone is 4. The topological polar surface area (TPSA) is 44.8 Å². The zero-order valence-electron chi connectivity index (χ0n) is 20.2. The molecule has 3 aliphatic carbocycles. The molecule has 4 rings (SSSR count). The van der Waals surface area contributed by atoms with Gasteiger partial charge in [0, 0.05) is 0 Å². The van der Waals surface area contributed by atoms with Crippen LogP contribution < -0.4 is 0 Å². The molecule has 174 valence electrons. The number of fused-ring (bicyclic) bond motifs is 3. The van der Waals surface area contributed by atoms with Gasteiger partial charge in [-0.3, -0.25) is 4.79 Å². The Morgan fingerprint density at radius 3 is 2.65 bits per heavy atom. The molecular weight excluding hydrogens is 388 g/mol. The van der Waals surface area contributed by atoms with Crippen molar-refractivity contribution in [2.75, 3.05) is 13.2 Å². The van der Waals surface area contributed by atoms with E-state index >= 15 is 0 Å². The van der Waals surface area contributed by atoms with Crippen molar-refractivity contribution in [3.8, 4) is 0 Å². The van der Waals surface area contributed by atoms with Crippen molar-refractivity contribution in [3.05, 3.63) is 23.3 Å². The Kier molecular flexibility index (Phi) is 6.70. The summed E-state index contributed by atoms with van der Waals surface area (Å²) in [4.78, 5) is 13.6. The second kappa shape index (κ2) is 9.02. The summed E-state index contributed by atoms with van der Waals surface area (Å²) in [6.45, 7) is 12.1. The fourth-order valence-corrected chi connectivity index (χ4v) is 6.63. The van der Waals surface area contributed by atoms with Gasteiger partial charge in [-0.15, -0.1) is 0 Å². The molecule has 0 amide bonds. The summed E-state index contributed by atoms with van der Waals surface area (Å²) in [5.41, 5.74) is 2.61. The number of carbonyl (C=O) groups excluding carboxylic acids is 1. The van der Waals surface area contributed by atoms with Gasteiger partial charge < -0.3 is 14.2 Å². The highest BCUT2D eigenvalue weighted by Gasteiger charge is 2.59. The quantitative estimate of drug-likeness (QED) is 0.487. The molecule has 1 aliphatic heterocycles. The van der Waals surface area contributed by atoms with Gasteiger partial charge >= 0.3 is 5.97 Å². The van der Waals surface area contributed by atoms with Crippen molar-refractivity contribution in [1.29, 1.82) is 0 Å². The number of esters is 1. The Hall–Kier alpha value is -1.13. The number of hydrogen-bond acceptors (Lipinski definition) is 4. The lowest BCUT2D eigenvalue weighted by Crippen LogP contribution is -2.56. The van der Waals surface area contributed by atoms with Crippen LogP contribution in [0.3, 0.4) is 0 Å². The van der Waals surface area contributed by atoms with Crippen molar-refractivity contribution in [1.82, 2.24) is 0 Å². The first-order valence-corrected chi connectivity index (χ1v) is 12.6. The average Bonchev–Trinajstić information content (AvgIpc) is 2.75. The first kappa shape index (κ1) is 23.0. The average molecular weight is 431 g/mol. The minimum Gasteiger partial charge on any atom is -0.457 e. The number of carbonyl (C=O) groups is 1. The van der Waals surface area contributed by atoms with Crippen molar-refractivity contribution >= 4 is 5.97 Å². The SMILES string of the molecule is CCCC1OCC(OC(=O)[C@]2(C)CCC[C@H]3[C@H]4CCC(C(C)C)=CC4=CC[C@@]32C)CO1. The van der Waals surface area contributed by atoms with Crippen LogP contribution in [0, 0.1) is 28.6 Å². The maximum atomic E-state index is 13.6. The van der Waals surface area contributed by atoms with Crippen LogP contribution in [0.1, 0.15) is 86.0 Å². The van der Waals surface area contributed by atoms with Gasteiger partial charge in [-0.25, -0.2) is 0 Å². The number of ether oxygens (including phenoxy) is 3. The molecule has 1 heterocycles. The summed E-state index contributed by atoms with van der Waals surface area (Å²) in [6.07, 6.45) is 13.0. The summed E-state index contributed by atoms with van der Waals surface area (Å²) in [5, 5.41) is 0. The molecule has 4 heteroatoms. The third-order valence-corrected chi connectivity index (χ3v) is 8.97. The predicted molar refractivity (Wildman–Crippen MR) is 122 cm³/mol. The molecule has 0 unspecified atom stereocenters. The zero-order valence-corrected chi connectivity index (χ0v) is 20.2. The van der Waals surface area contributed by atoms with E-state index in [2.05, 4.69) is 46.8 Å². The second-order valence-electron chi connectivity index (χ2n) is 11.1. The highest BCUT2D eigenvalue weighted by atomic mass is 16.7. The van der Waals surface area contributed by atoms with E-state index in [4.69, 9.17) is 14.2 Å². The molecule has 0 radical (unpaired) electrons. The standard InChI is InChI=1S/C27H42O4/c1-6-8-24-29-16-21(17-30-24)31-25(28)27(5)13-7-9-23-22-11-10-19(18(2)3)15-20(22)12-14-26(23,27)4/h12,15,18,21-24H,6-11,13-14,16-17H2,1-5H3/t21?,22-,23-,24?,26-,27-/m0/s1. The highest BCUT2D eigenvalue weighted by Crippen LogP contribution is 2.63. The molecule has 1 saturated carbocycles. The van der Waals surface area contributed by atoms with Gasteiger partial charge in [0.1, 0.15) is 6.10 Å². The van der Waals surface area contributed by atoms with Gasteiger partial charge in [0.2, 0.25) is 0 Å².